The first-order valence-corrected chi connectivity index (χ1v) is 8.89. The highest BCUT2D eigenvalue weighted by Crippen LogP contribution is 2.15. The molecule has 5 nitrogen and oxygen atoms in total. The van der Waals surface area contributed by atoms with E-state index in [2.05, 4.69) is 10.5 Å². The molecular formula is C16H22N2O3S. The Morgan fingerprint density at radius 2 is 1.82 bits per heavy atom. The Kier molecular flexibility index (Phi) is 5.03. The van der Waals surface area contributed by atoms with Crippen LogP contribution in [0.3, 0.4) is 0 Å². The molecule has 1 aromatic heterocycles. The van der Waals surface area contributed by atoms with Gasteiger partial charge in [-0.3, -0.25) is 0 Å². The topological polar surface area (TPSA) is 72.2 Å². The van der Waals surface area contributed by atoms with Gasteiger partial charge in [0.1, 0.15) is 5.76 Å². The van der Waals surface area contributed by atoms with E-state index in [4.69, 9.17) is 4.52 Å². The lowest BCUT2D eigenvalue weighted by Crippen LogP contribution is -2.32. The molecule has 1 atom stereocenters. The van der Waals surface area contributed by atoms with Gasteiger partial charge in [0, 0.05) is 18.2 Å². The minimum Gasteiger partial charge on any atom is -0.361 e. The number of hydrogen-bond acceptors (Lipinski definition) is 5. The molecule has 0 aliphatic rings. The van der Waals surface area contributed by atoms with Gasteiger partial charge in [-0.2, -0.15) is 0 Å². The normalized spacial score (nSPS) is 13.3. The van der Waals surface area contributed by atoms with Crippen LogP contribution >= 0.6 is 0 Å². The fourth-order valence-electron chi connectivity index (χ4n) is 2.26. The Hall–Kier alpha value is -1.66. The van der Waals surface area contributed by atoms with E-state index >= 15 is 0 Å². The van der Waals surface area contributed by atoms with Crippen molar-refractivity contribution >= 4 is 9.84 Å². The van der Waals surface area contributed by atoms with Crippen molar-refractivity contribution in [2.75, 3.05) is 5.75 Å². The molecule has 22 heavy (non-hydrogen) atoms. The van der Waals surface area contributed by atoms with Crippen molar-refractivity contribution in [1.82, 2.24) is 10.5 Å². The van der Waals surface area contributed by atoms with E-state index in [0.717, 1.165) is 22.6 Å². The third kappa shape index (κ3) is 3.96. The van der Waals surface area contributed by atoms with Crippen LogP contribution in [0.2, 0.25) is 0 Å². The highest BCUT2D eigenvalue weighted by Gasteiger charge is 2.19. The Morgan fingerprint density at radius 3 is 2.36 bits per heavy atom. The summed E-state index contributed by atoms with van der Waals surface area (Å²) in [5.41, 5.74) is 2.86. The van der Waals surface area contributed by atoms with E-state index in [9.17, 15) is 8.42 Å². The van der Waals surface area contributed by atoms with E-state index in [1.807, 2.05) is 39.8 Å². The van der Waals surface area contributed by atoms with Crippen molar-refractivity contribution in [1.29, 1.82) is 0 Å². The summed E-state index contributed by atoms with van der Waals surface area (Å²) in [5, 5.41) is 7.12. The van der Waals surface area contributed by atoms with E-state index in [1.54, 1.807) is 12.1 Å². The third-order valence-electron chi connectivity index (χ3n) is 3.66. The van der Waals surface area contributed by atoms with Crippen molar-refractivity contribution < 1.29 is 12.9 Å². The maximum absolute atomic E-state index is 12.4. The van der Waals surface area contributed by atoms with E-state index < -0.39 is 9.84 Å². The maximum Gasteiger partial charge on any atom is 0.179 e. The van der Waals surface area contributed by atoms with Crippen LogP contribution < -0.4 is 5.32 Å². The number of sulfone groups is 1. The summed E-state index contributed by atoms with van der Waals surface area (Å²) in [6.07, 6.45) is 0. The summed E-state index contributed by atoms with van der Waals surface area (Å²) in [4.78, 5) is 0.365. The molecule has 1 aromatic carbocycles. The summed E-state index contributed by atoms with van der Waals surface area (Å²) < 4.78 is 29.9. The van der Waals surface area contributed by atoms with Gasteiger partial charge in [0.25, 0.3) is 0 Å². The molecule has 6 heteroatoms. The summed E-state index contributed by atoms with van der Waals surface area (Å²) in [6.45, 7) is 8.08. The van der Waals surface area contributed by atoms with Gasteiger partial charge in [-0.15, -0.1) is 0 Å². The van der Waals surface area contributed by atoms with E-state index in [-0.39, 0.29) is 11.8 Å². The molecule has 0 unspecified atom stereocenters. The standard InChI is InChI=1S/C16H22N2O3S/c1-11-5-7-15(8-6-11)22(19,20)10-12(2)17-9-16-13(3)18-21-14(16)4/h5-8,12,17H,9-10H2,1-4H3/t12-/m1/s1. The van der Waals surface area contributed by atoms with Crippen molar-refractivity contribution in [3.8, 4) is 0 Å². The first kappa shape index (κ1) is 16.7. The van der Waals surface area contributed by atoms with Crippen LogP contribution in [0.4, 0.5) is 0 Å². The number of rotatable bonds is 6. The van der Waals surface area contributed by atoms with Crippen LogP contribution in [0.1, 0.15) is 29.5 Å². The minimum absolute atomic E-state index is 0.0550. The van der Waals surface area contributed by atoms with Crippen molar-refractivity contribution in [2.24, 2.45) is 0 Å². The predicted octanol–water partition coefficient (Wildman–Crippen LogP) is 2.55. The summed E-state index contributed by atoms with van der Waals surface area (Å²) in [5.74, 6) is 0.818. The molecule has 2 rings (SSSR count). The zero-order chi connectivity index (χ0) is 16.3. The molecular weight excluding hydrogens is 300 g/mol. The zero-order valence-electron chi connectivity index (χ0n) is 13.4. The second-order valence-electron chi connectivity index (χ2n) is 5.68. The van der Waals surface area contributed by atoms with Gasteiger partial charge in [0.15, 0.2) is 9.84 Å². The maximum atomic E-state index is 12.4. The Balaban J connectivity index is 1.99. The fourth-order valence-corrected chi connectivity index (χ4v) is 3.78. The van der Waals surface area contributed by atoms with Crippen LogP contribution in [-0.4, -0.2) is 25.4 Å². The van der Waals surface area contributed by atoms with E-state index in [0.29, 0.717) is 11.4 Å². The van der Waals surface area contributed by atoms with E-state index in [1.165, 1.54) is 0 Å². The average Bonchev–Trinajstić information content (AvgIpc) is 2.76. The summed E-state index contributed by atoms with van der Waals surface area (Å²) in [6, 6.07) is 6.78. The highest BCUT2D eigenvalue weighted by molar-refractivity contribution is 7.91. The molecule has 0 spiro atoms. The number of nitrogens with one attached hydrogen (secondary N) is 1. The lowest BCUT2D eigenvalue weighted by atomic mass is 10.2. The molecule has 0 bridgehead atoms. The Bertz CT molecular complexity index is 714. The van der Waals surface area contributed by atoms with Crippen LogP contribution in [0.5, 0.6) is 0 Å². The number of aryl methyl sites for hydroxylation is 3. The van der Waals surface area contributed by atoms with Crippen molar-refractivity contribution in [3.63, 3.8) is 0 Å². The van der Waals surface area contributed by atoms with Crippen LogP contribution in [-0.2, 0) is 16.4 Å². The molecule has 0 radical (unpaired) electrons. The Labute approximate surface area is 131 Å². The molecule has 0 saturated carbocycles. The van der Waals surface area contributed by atoms with Gasteiger partial charge in [0.2, 0.25) is 0 Å². The number of benzene rings is 1. The lowest BCUT2D eigenvalue weighted by Gasteiger charge is -2.14. The molecule has 1 N–H and O–H groups in total. The second-order valence-corrected chi connectivity index (χ2v) is 7.71. The number of hydrogen-bond donors (Lipinski definition) is 1. The molecule has 0 saturated heterocycles. The summed E-state index contributed by atoms with van der Waals surface area (Å²) in [7, 11) is -3.29. The van der Waals surface area contributed by atoms with Crippen LogP contribution in [0, 0.1) is 20.8 Å². The lowest BCUT2D eigenvalue weighted by molar-refractivity contribution is 0.391. The quantitative estimate of drug-likeness (QED) is 0.885. The van der Waals surface area contributed by atoms with Gasteiger partial charge >= 0.3 is 0 Å². The van der Waals surface area contributed by atoms with Gasteiger partial charge in [-0.05, 0) is 39.8 Å². The first-order valence-electron chi connectivity index (χ1n) is 7.24. The second kappa shape index (κ2) is 6.62. The number of nitrogens with zero attached hydrogens (tertiary/aromatic N) is 1. The zero-order valence-corrected chi connectivity index (χ0v) is 14.2. The Morgan fingerprint density at radius 1 is 1.18 bits per heavy atom. The number of aromatic nitrogens is 1. The molecule has 2 aromatic rings. The van der Waals surface area contributed by atoms with Crippen LogP contribution in [0.25, 0.3) is 0 Å². The van der Waals surface area contributed by atoms with Gasteiger partial charge < -0.3 is 9.84 Å². The van der Waals surface area contributed by atoms with Crippen molar-refractivity contribution in [3.05, 3.63) is 46.8 Å². The third-order valence-corrected chi connectivity index (χ3v) is 5.59. The SMILES string of the molecule is Cc1ccc(S(=O)(=O)C[C@@H](C)NCc2c(C)noc2C)cc1. The molecule has 0 aliphatic heterocycles. The first-order chi connectivity index (χ1) is 10.3. The minimum atomic E-state index is -3.29. The van der Waals surface area contributed by atoms with Gasteiger partial charge in [0.05, 0.1) is 16.3 Å². The highest BCUT2D eigenvalue weighted by atomic mass is 32.2. The fraction of sp³-hybridized carbons (Fsp3) is 0.438. The van der Waals surface area contributed by atoms with Gasteiger partial charge in [-0.1, -0.05) is 22.9 Å². The molecule has 0 amide bonds. The molecule has 1 heterocycles. The molecule has 0 aliphatic carbocycles. The van der Waals surface area contributed by atoms with Crippen LogP contribution in [0.15, 0.2) is 33.7 Å². The molecule has 120 valence electrons. The monoisotopic (exact) mass is 322 g/mol. The van der Waals surface area contributed by atoms with Gasteiger partial charge in [-0.25, -0.2) is 8.42 Å². The molecule has 0 fully saturated rings. The van der Waals surface area contributed by atoms with Crippen molar-refractivity contribution in [2.45, 2.75) is 45.2 Å². The summed E-state index contributed by atoms with van der Waals surface area (Å²) >= 11 is 0. The smallest absolute Gasteiger partial charge is 0.179 e. The average molecular weight is 322 g/mol. The predicted molar refractivity (Wildman–Crippen MR) is 85.5 cm³/mol. The largest absolute Gasteiger partial charge is 0.361 e.